The maximum Gasteiger partial charge on any atom is 0.173 e. The summed E-state index contributed by atoms with van der Waals surface area (Å²) in [7, 11) is 0. The summed E-state index contributed by atoms with van der Waals surface area (Å²) in [6, 6.07) is 23.9. The lowest BCUT2D eigenvalue weighted by molar-refractivity contribution is -0.688. The molecule has 2 aromatic carbocycles. The van der Waals surface area contributed by atoms with Gasteiger partial charge in [0, 0.05) is 36.5 Å². The zero-order valence-corrected chi connectivity index (χ0v) is 15.9. The van der Waals surface area contributed by atoms with Crippen molar-refractivity contribution in [3.63, 3.8) is 0 Å². The molecule has 1 aliphatic rings. The Bertz CT molecular complexity index is 777. The third-order valence-corrected chi connectivity index (χ3v) is 4.77. The SMILES string of the molecule is [Br-].c1ccc(-c2ccc(C[n+]3ccc(N4CCCC4)cc3)cc2)cc1. The van der Waals surface area contributed by atoms with Crippen LogP contribution in [0.15, 0.2) is 79.1 Å². The van der Waals surface area contributed by atoms with Crippen LogP contribution < -0.4 is 26.4 Å². The van der Waals surface area contributed by atoms with Crippen LogP contribution in [-0.4, -0.2) is 13.1 Å². The van der Waals surface area contributed by atoms with E-state index in [1.165, 1.54) is 48.3 Å². The van der Waals surface area contributed by atoms with Gasteiger partial charge in [-0.1, -0.05) is 54.6 Å². The van der Waals surface area contributed by atoms with E-state index in [9.17, 15) is 0 Å². The Balaban J connectivity index is 0.00000182. The summed E-state index contributed by atoms with van der Waals surface area (Å²) in [6.45, 7) is 3.31. The van der Waals surface area contributed by atoms with Crippen molar-refractivity contribution >= 4 is 5.69 Å². The molecule has 0 saturated carbocycles. The van der Waals surface area contributed by atoms with E-state index in [0.29, 0.717) is 0 Å². The van der Waals surface area contributed by atoms with E-state index in [0.717, 1.165) is 6.54 Å². The van der Waals surface area contributed by atoms with Crippen LogP contribution in [0, 0.1) is 0 Å². The molecule has 25 heavy (non-hydrogen) atoms. The first-order valence-corrected chi connectivity index (χ1v) is 8.77. The number of rotatable bonds is 4. The van der Waals surface area contributed by atoms with Crippen molar-refractivity contribution in [2.45, 2.75) is 19.4 Å². The van der Waals surface area contributed by atoms with Gasteiger partial charge >= 0.3 is 0 Å². The van der Waals surface area contributed by atoms with Crippen LogP contribution in [-0.2, 0) is 6.54 Å². The zero-order valence-electron chi connectivity index (χ0n) is 14.3. The largest absolute Gasteiger partial charge is 1.00 e. The molecule has 0 N–H and O–H groups in total. The van der Waals surface area contributed by atoms with Crippen molar-refractivity contribution in [1.29, 1.82) is 0 Å². The molecule has 1 fully saturated rings. The predicted molar refractivity (Wildman–Crippen MR) is 99.1 cm³/mol. The highest BCUT2D eigenvalue weighted by molar-refractivity contribution is 5.63. The second kappa shape index (κ2) is 8.30. The minimum Gasteiger partial charge on any atom is -1.00 e. The molecule has 1 saturated heterocycles. The van der Waals surface area contributed by atoms with Crippen molar-refractivity contribution in [1.82, 2.24) is 0 Å². The van der Waals surface area contributed by atoms with E-state index >= 15 is 0 Å². The molecule has 2 nitrogen and oxygen atoms in total. The van der Waals surface area contributed by atoms with Gasteiger partial charge in [-0.15, -0.1) is 0 Å². The van der Waals surface area contributed by atoms with Crippen molar-refractivity contribution in [3.8, 4) is 11.1 Å². The number of pyridine rings is 1. The summed E-state index contributed by atoms with van der Waals surface area (Å²) < 4.78 is 2.25. The summed E-state index contributed by atoms with van der Waals surface area (Å²) in [4.78, 5) is 2.47. The van der Waals surface area contributed by atoms with E-state index in [1.807, 2.05) is 0 Å². The topological polar surface area (TPSA) is 7.12 Å². The summed E-state index contributed by atoms with van der Waals surface area (Å²) >= 11 is 0. The van der Waals surface area contributed by atoms with Gasteiger partial charge in [-0.3, -0.25) is 0 Å². The number of benzene rings is 2. The molecule has 4 rings (SSSR count). The highest BCUT2D eigenvalue weighted by atomic mass is 79.9. The van der Waals surface area contributed by atoms with Crippen LogP contribution >= 0.6 is 0 Å². The Kier molecular flexibility index (Phi) is 5.87. The molecule has 3 aromatic rings. The third-order valence-electron chi connectivity index (χ3n) is 4.77. The Labute approximate surface area is 160 Å². The highest BCUT2D eigenvalue weighted by Gasteiger charge is 2.13. The molecule has 1 aliphatic heterocycles. The van der Waals surface area contributed by atoms with E-state index in [-0.39, 0.29) is 17.0 Å². The smallest absolute Gasteiger partial charge is 0.173 e. The van der Waals surface area contributed by atoms with Gasteiger partial charge in [-0.25, -0.2) is 4.57 Å². The monoisotopic (exact) mass is 394 g/mol. The minimum atomic E-state index is 0. The van der Waals surface area contributed by atoms with Gasteiger partial charge in [0.25, 0.3) is 0 Å². The maximum absolute atomic E-state index is 2.47. The van der Waals surface area contributed by atoms with Crippen molar-refractivity contribution in [2.75, 3.05) is 18.0 Å². The molecule has 0 atom stereocenters. The lowest BCUT2D eigenvalue weighted by Crippen LogP contribution is -3.00. The number of hydrogen-bond acceptors (Lipinski definition) is 1. The van der Waals surface area contributed by atoms with Crippen LogP contribution in [0.25, 0.3) is 11.1 Å². The van der Waals surface area contributed by atoms with Crippen molar-refractivity contribution in [2.24, 2.45) is 0 Å². The van der Waals surface area contributed by atoms with Crippen LogP contribution in [0.2, 0.25) is 0 Å². The Morgan fingerprint density at radius 3 is 1.96 bits per heavy atom. The molecule has 3 heteroatoms. The van der Waals surface area contributed by atoms with Gasteiger partial charge in [-0.05, 0) is 24.0 Å². The van der Waals surface area contributed by atoms with Crippen LogP contribution in [0.4, 0.5) is 5.69 Å². The minimum absolute atomic E-state index is 0. The fraction of sp³-hybridized carbons (Fsp3) is 0.227. The standard InChI is InChI=1S/C22H23N2.BrH/c1-2-6-20(7-3-1)21-10-8-19(9-11-21)18-23-16-12-22(13-17-23)24-14-4-5-15-24;/h1-3,6-13,16-17H,4-5,14-15,18H2;1H/q+1;/p-1. The van der Waals surface area contributed by atoms with Gasteiger partial charge in [0.2, 0.25) is 0 Å². The van der Waals surface area contributed by atoms with E-state index < -0.39 is 0 Å². The number of anilines is 1. The van der Waals surface area contributed by atoms with Crippen LogP contribution in [0.5, 0.6) is 0 Å². The molecule has 0 amide bonds. The lowest BCUT2D eigenvalue weighted by Gasteiger charge is -2.16. The van der Waals surface area contributed by atoms with Crippen LogP contribution in [0.1, 0.15) is 18.4 Å². The van der Waals surface area contributed by atoms with Gasteiger partial charge in [0.1, 0.15) is 0 Å². The fourth-order valence-electron chi connectivity index (χ4n) is 3.39. The van der Waals surface area contributed by atoms with E-state index in [4.69, 9.17) is 0 Å². The molecule has 0 bridgehead atoms. The Morgan fingerprint density at radius 2 is 1.32 bits per heavy atom. The average molecular weight is 395 g/mol. The molecule has 0 aliphatic carbocycles. The van der Waals surface area contributed by atoms with Gasteiger partial charge in [0.15, 0.2) is 18.9 Å². The normalized spacial score (nSPS) is 13.5. The summed E-state index contributed by atoms with van der Waals surface area (Å²) in [5.74, 6) is 0. The number of halogens is 1. The second-order valence-corrected chi connectivity index (χ2v) is 6.49. The van der Waals surface area contributed by atoms with Gasteiger partial charge in [0.05, 0.1) is 0 Å². The number of hydrogen-bond donors (Lipinski definition) is 0. The first-order chi connectivity index (χ1) is 11.9. The number of nitrogens with zero attached hydrogens (tertiary/aromatic N) is 2. The maximum atomic E-state index is 2.47. The highest BCUT2D eigenvalue weighted by Crippen LogP contribution is 2.20. The Hall–Kier alpha value is -2.13. The first-order valence-electron chi connectivity index (χ1n) is 8.77. The molecule has 0 radical (unpaired) electrons. The molecule has 0 spiro atoms. The van der Waals surface area contributed by atoms with Crippen molar-refractivity contribution < 1.29 is 21.5 Å². The van der Waals surface area contributed by atoms with E-state index in [2.05, 4.69) is 88.6 Å². The second-order valence-electron chi connectivity index (χ2n) is 6.49. The molecule has 2 heterocycles. The lowest BCUT2D eigenvalue weighted by atomic mass is 10.0. The van der Waals surface area contributed by atoms with Gasteiger partial charge in [-0.2, -0.15) is 0 Å². The van der Waals surface area contributed by atoms with Crippen molar-refractivity contribution in [3.05, 3.63) is 84.7 Å². The predicted octanol–water partition coefficient (Wildman–Crippen LogP) is 1.29. The van der Waals surface area contributed by atoms with Gasteiger partial charge < -0.3 is 21.9 Å². The summed E-state index contributed by atoms with van der Waals surface area (Å²) in [6.07, 6.45) is 7.03. The van der Waals surface area contributed by atoms with E-state index in [1.54, 1.807) is 0 Å². The number of aromatic nitrogens is 1. The molecule has 0 unspecified atom stereocenters. The quantitative estimate of drug-likeness (QED) is 0.604. The molecule has 1 aromatic heterocycles. The zero-order chi connectivity index (χ0) is 16.2. The Morgan fingerprint density at radius 1 is 0.720 bits per heavy atom. The summed E-state index contributed by atoms with van der Waals surface area (Å²) in [5.41, 5.74) is 5.22. The van der Waals surface area contributed by atoms with Crippen LogP contribution in [0.3, 0.4) is 0 Å². The third kappa shape index (κ3) is 4.29. The molecular weight excluding hydrogens is 372 g/mol. The summed E-state index contributed by atoms with van der Waals surface area (Å²) in [5, 5.41) is 0. The first kappa shape index (κ1) is 17.7. The fourth-order valence-corrected chi connectivity index (χ4v) is 3.39. The molecule has 128 valence electrons. The molecular formula is C22H23BrN2. The average Bonchev–Trinajstić information content (AvgIpc) is 3.18.